The number of aromatic nitrogens is 2. The first-order chi connectivity index (χ1) is 12.4. The number of halogens is 3. The van der Waals surface area contributed by atoms with Gasteiger partial charge in [-0.1, -0.05) is 15.9 Å². The van der Waals surface area contributed by atoms with E-state index in [2.05, 4.69) is 47.4 Å². The van der Waals surface area contributed by atoms with E-state index in [4.69, 9.17) is 4.84 Å². The number of hydrogen-bond donors (Lipinski definition) is 2. The maximum Gasteiger partial charge on any atom is 0.299 e. The number of carbonyl (C=O) groups excluding carboxylic acids is 1. The Morgan fingerprint density at radius 3 is 2.85 bits per heavy atom. The second-order valence-electron chi connectivity index (χ2n) is 5.88. The summed E-state index contributed by atoms with van der Waals surface area (Å²) in [6.45, 7) is 0.441. The first kappa shape index (κ1) is 19.0. The number of nitrogens with one attached hydrogen (secondary N) is 2. The van der Waals surface area contributed by atoms with Gasteiger partial charge in [-0.25, -0.2) is 14.6 Å². The monoisotopic (exact) mass is 488 g/mol. The lowest BCUT2D eigenvalue weighted by Crippen LogP contribution is -2.31. The highest BCUT2D eigenvalue weighted by Gasteiger charge is 2.26. The summed E-state index contributed by atoms with van der Waals surface area (Å²) < 4.78 is 14.7. The zero-order chi connectivity index (χ0) is 18.8. The summed E-state index contributed by atoms with van der Waals surface area (Å²) in [4.78, 5) is 29.9. The van der Waals surface area contributed by atoms with Gasteiger partial charge >= 0.3 is 0 Å². The average Bonchev–Trinajstić information content (AvgIpc) is 3.43. The van der Waals surface area contributed by atoms with Gasteiger partial charge in [0, 0.05) is 11.5 Å². The van der Waals surface area contributed by atoms with Crippen LogP contribution in [-0.4, -0.2) is 34.8 Å². The molecule has 26 heavy (non-hydrogen) atoms. The average molecular weight is 490 g/mol. The summed E-state index contributed by atoms with van der Waals surface area (Å²) >= 11 is 6.30. The van der Waals surface area contributed by atoms with Gasteiger partial charge in [-0.05, 0) is 52.9 Å². The largest absolute Gasteiger partial charge is 0.350 e. The van der Waals surface area contributed by atoms with Crippen LogP contribution in [0, 0.1) is 11.7 Å². The van der Waals surface area contributed by atoms with E-state index >= 15 is 0 Å². The molecule has 0 radical (unpaired) electrons. The second-order valence-corrected chi connectivity index (χ2v) is 7.59. The Morgan fingerprint density at radius 2 is 2.19 bits per heavy atom. The third-order valence-electron chi connectivity index (χ3n) is 3.81. The van der Waals surface area contributed by atoms with Crippen molar-refractivity contribution in [3.63, 3.8) is 0 Å². The number of H-pyrrole nitrogens is 1. The molecule has 2 aromatic rings. The molecule has 1 aromatic heterocycles. The van der Waals surface area contributed by atoms with Gasteiger partial charge in [-0.3, -0.25) is 14.4 Å². The van der Waals surface area contributed by atoms with Crippen LogP contribution in [0.5, 0.6) is 0 Å². The number of amides is 1. The van der Waals surface area contributed by atoms with E-state index in [-0.39, 0.29) is 21.5 Å². The quantitative estimate of drug-likeness (QED) is 0.605. The Morgan fingerprint density at radius 1 is 1.46 bits per heavy atom. The normalized spacial score (nSPS) is 13.5. The minimum absolute atomic E-state index is 0.0359. The van der Waals surface area contributed by atoms with Crippen LogP contribution < -0.4 is 10.9 Å². The van der Waals surface area contributed by atoms with Crippen molar-refractivity contribution in [3.05, 3.63) is 49.0 Å². The molecule has 3 rings (SSSR count). The van der Waals surface area contributed by atoms with Gasteiger partial charge in [0.15, 0.2) is 5.69 Å². The van der Waals surface area contributed by atoms with Crippen molar-refractivity contribution in [1.82, 2.24) is 15.3 Å². The van der Waals surface area contributed by atoms with E-state index in [0.717, 1.165) is 17.9 Å². The van der Waals surface area contributed by atoms with Crippen LogP contribution >= 0.6 is 31.9 Å². The summed E-state index contributed by atoms with van der Waals surface area (Å²) in [5.41, 5.74) is -0.501. The second kappa shape index (κ2) is 7.85. The maximum absolute atomic E-state index is 14.1. The van der Waals surface area contributed by atoms with E-state index in [1.807, 2.05) is 0 Å². The van der Waals surface area contributed by atoms with Crippen molar-refractivity contribution >= 4 is 49.1 Å². The minimum atomic E-state index is -0.567. The fourth-order valence-electron chi connectivity index (χ4n) is 2.13. The van der Waals surface area contributed by atoms with Gasteiger partial charge in [-0.15, -0.1) is 0 Å². The Balaban J connectivity index is 1.91. The van der Waals surface area contributed by atoms with Crippen molar-refractivity contribution < 1.29 is 14.0 Å². The molecule has 0 unspecified atom stereocenters. The first-order valence-corrected chi connectivity index (χ1v) is 9.36. The number of aromatic amines is 1. The highest BCUT2D eigenvalue weighted by atomic mass is 79.9. The zero-order valence-corrected chi connectivity index (χ0v) is 16.9. The highest BCUT2D eigenvalue weighted by Crippen LogP contribution is 2.30. The van der Waals surface area contributed by atoms with Crippen LogP contribution in [0.25, 0.3) is 0 Å². The number of rotatable bonds is 6. The van der Waals surface area contributed by atoms with Gasteiger partial charge < -0.3 is 5.32 Å². The van der Waals surface area contributed by atoms with E-state index < -0.39 is 17.3 Å². The molecule has 1 amide bonds. The fraction of sp³-hybridized carbons (Fsp3) is 0.312. The van der Waals surface area contributed by atoms with Gasteiger partial charge in [-0.2, -0.15) is 5.10 Å². The van der Waals surface area contributed by atoms with E-state index in [1.54, 1.807) is 6.07 Å². The lowest BCUT2D eigenvalue weighted by Gasteiger charge is -2.18. The minimum Gasteiger partial charge on any atom is -0.350 e. The number of hydrogen-bond acceptors (Lipinski definition) is 5. The molecule has 1 saturated carbocycles. The smallest absolute Gasteiger partial charge is 0.299 e. The molecule has 1 aromatic carbocycles. The van der Waals surface area contributed by atoms with Crippen LogP contribution in [0.4, 0.5) is 15.8 Å². The standard InChI is InChI=1S/C16H15Br2FN4O3/c1-23(26-7-8-2-3-8)16(25)14-13(12(18)15(24)22-21-14)20-11-5-4-9(17)6-10(11)19/h4-6,8H,2-3,7H2,1H3,(H2,20,22,24). The lowest BCUT2D eigenvalue weighted by atomic mass is 10.2. The maximum atomic E-state index is 14.1. The molecule has 138 valence electrons. The molecule has 0 spiro atoms. The van der Waals surface area contributed by atoms with Crippen molar-refractivity contribution in [1.29, 1.82) is 0 Å². The summed E-state index contributed by atoms with van der Waals surface area (Å²) in [6.07, 6.45) is 2.17. The predicted molar refractivity (Wildman–Crippen MR) is 101 cm³/mol. The van der Waals surface area contributed by atoms with Crippen LogP contribution in [0.15, 0.2) is 31.9 Å². The Hall–Kier alpha value is -1.78. The Labute approximate surface area is 165 Å². The SMILES string of the molecule is CN(OCC1CC1)C(=O)c1n[nH]c(=O)c(Br)c1Nc1ccc(Br)cc1F. The Kier molecular flexibility index (Phi) is 5.73. The fourth-order valence-corrected chi connectivity index (χ4v) is 2.84. The summed E-state index contributed by atoms with van der Waals surface area (Å²) in [5.74, 6) is -0.652. The van der Waals surface area contributed by atoms with Crippen molar-refractivity contribution in [2.24, 2.45) is 5.92 Å². The number of hydroxylamine groups is 2. The van der Waals surface area contributed by atoms with Crippen molar-refractivity contribution in [2.75, 3.05) is 19.0 Å². The number of carbonyl (C=O) groups is 1. The third kappa shape index (κ3) is 4.30. The molecule has 0 aliphatic heterocycles. The predicted octanol–water partition coefficient (Wildman–Crippen LogP) is 3.59. The zero-order valence-electron chi connectivity index (χ0n) is 13.7. The third-order valence-corrected chi connectivity index (χ3v) is 5.05. The molecule has 0 atom stereocenters. The summed E-state index contributed by atoms with van der Waals surface area (Å²) in [5, 5.41) is 9.87. The van der Waals surface area contributed by atoms with E-state index in [1.165, 1.54) is 19.2 Å². The van der Waals surface area contributed by atoms with Crippen LogP contribution in [0.3, 0.4) is 0 Å². The van der Waals surface area contributed by atoms with Gasteiger partial charge in [0.1, 0.15) is 10.3 Å². The molecule has 1 fully saturated rings. The molecule has 0 saturated heterocycles. The molecule has 10 heteroatoms. The van der Waals surface area contributed by atoms with Crippen LogP contribution in [0.1, 0.15) is 23.3 Å². The topological polar surface area (TPSA) is 87.3 Å². The van der Waals surface area contributed by atoms with Gasteiger partial charge in [0.2, 0.25) is 0 Å². The molecule has 0 bridgehead atoms. The molecule has 1 aliphatic carbocycles. The summed E-state index contributed by atoms with van der Waals surface area (Å²) in [6, 6.07) is 4.38. The van der Waals surface area contributed by atoms with Gasteiger partial charge in [0.05, 0.1) is 18.0 Å². The van der Waals surface area contributed by atoms with E-state index in [9.17, 15) is 14.0 Å². The number of anilines is 2. The lowest BCUT2D eigenvalue weighted by molar-refractivity contribution is -0.110. The molecule has 1 heterocycles. The molecule has 2 N–H and O–H groups in total. The molecular formula is C16H15Br2FN4O3. The van der Waals surface area contributed by atoms with Crippen molar-refractivity contribution in [3.8, 4) is 0 Å². The first-order valence-electron chi connectivity index (χ1n) is 7.78. The van der Waals surface area contributed by atoms with Gasteiger partial charge in [0.25, 0.3) is 11.5 Å². The summed E-state index contributed by atoms with van der Waals surface area (Å²) in [7, 11) is 1.47. The Bertz CT molecular complexity index is 902. The van der Waals surface area contributed by atoms with E-state index in [0.29, 0.717) is 17.0 Å². The number of benzene rings is 1. The number of nitrogens with zero attached hydrogens (tertiary/aromatic N) is 2. The molecule has 1 aliphatic rings. The molecular weight excluding hydrogens is 475 g/mol. The highest BCUT2D eigenvalue weighted by molar-refractivity contribution is 9.10. The van der Waals surface area contributed by atoms with Crippen LogP contribution in [0.2, 0.25) is 0 Å². The molecule has 7 nitrogen and oxygen atoms in total. The van der Waals surface area contributed by atoms with Crippen LogP contribution in [-0.2, 0) is 4.84 Å². The van der Waals surface area contributed by atoms with Crippen molar-refractivity contribution in [2.45, 2.75) is 12.8 Å².